The minimum absolute atomic E-state index is 0. The van der Waals surface area contributed by atoms with Gasteiger partial charge in [0.1, 0.15) is 11.6 Å². The molecule has 8 heteroatoms. The Hall–Kier alpha value is -1.94. The maximum Gasteiger partial charge on any atom is 0.219 e. The van der Waals surface area contributed by atoms with Gasteiger partial charge in [-0.3, -0.25) is 4.99 Å². The zero-order chi connectivity index (χ0) is 18.1. The number of aliphatic imine (C=N–C) groups is 1. The van der Waals surface area contributed by atoms with E-state index in [2.05, 4.69) is 20.6 Å². The van der Waals surface area contributed by atoms with E-state index in [1.807, 2.05) is 13.0 Å². The first-order chi connectivity index (χ1) is 12.1. The van der Waals surface area contributed by atoms with Gasteiger partial charge in [0.15, 0.2) is 5.96 Å². The number of guanidine groups is 1. The van der Waals surface area contributed by atoms with Crippen molar-refractivity contribution >= 4 is 29.9 Å². The van der Waals surface area contributed by atoms with Gasteiger partial charge in [-0.2, -0.15) is 0 Å². The molecular formula is C18H24FIN4O2. The highest BCUT2D eigenvalue weighted by atomic mass is 127. The van der Waals surface area contributed by atoms with Gasteiger partial charge in [0.05, 0.1) is 6.61 Å². The van der Waals surface area contributed by atoms with Gasteiger partial charge in [-0.05, 0) is 24.6 Å². The van der Waals surface area contributed by atoms with E-state index >= 15 is 0 Å². The van der Waals surface area contributed by atoms with Gasteiger partial charge in [-0.15, -0.1) is 24.0 Å². The van der Waals surface area contributed by atoms with Gasteiger partial charge in [0.25, 0.3) is 0 Å². The van der Waals surface area contributed by atoms with Crippen LogP contribution in [0.3, 0.4) is 0 Å². The van der Waals surface area contributed by atoms with E-state index in [4.69, 9.17) is 9.47 Å². The van der Waals surface area contributed by atoms with E-state index in [0.29, 0.717) is 30.7 Å². The lowest BCUT2D eigenvalue weighted by molar-refractivity contribution is 0.179. The number of aromatic nitrogens is 1. The Kier molecular flexibility index (Phi) is 9.89. The number of nitrogens with zero attached hydrogens (tertiary/aromatic N) is 2. The largest absolute Gasteiger partial charge is 0.439 e. The zero-order valence-electron chi connectivity index (χ0n) is 15.0. The summed E-state index contributed by atoms with van der Waals surface area (Å²) in [6.07, 6.45) is 1.70. The molecule has 1 heterocycles. The summed E-state index contributed by atoms with van der Waals surface area (Å²) in [5, 5.41) is 6.42. The van der Waals surface area contributed by atoms with Crippen molar-refractivity contribution in [2.45, 2.75) is 19.5 Å². The zero-order valence-corrected chi connectivity index (χ0v) is 17.4. The minimum Gasteiger partial charge on any atom is -0.439 e. The Balaban J connectivity index is 0.00000338. The van der Waals surface area contributed by atoms with Crippen LogP contribution in [0.1, 0.15) is 12.5 Å². The first-order valence-electron chi connectivity index (χ1n) is 7.95. The molecule has 2 N–H and O–H groups in total. The molecule has 0 saturated carbocycles. The molecule has 142 valence electrons. The molecule has 0 aliphatic heterocycles. The first kappa shape index (κ1) is 22.1. The van der Waals surface area contributed by atoms with Crippen molar-refractivity contribution in [3.63, 3.8) is 0 Å². The molecule has 6 nitrogen and oxygen atoms in total. The first-order valence-corrected chi connectivity index (χ1v) is 7.95. The molecule has 1 aromatic heterocycles. The van der Waals surface area contributed by atoms with Crippen LogP contribution in [-0.4, -0.2) is 37.7 Å². The third-order valence-corrected chi connectivity index (χ3v) is 3.30. The van der Waals surface area contributed by atoms with Crippen molar-refractivity contribution in [1.82, 2.24) is 15.6 Å². The molecule has 1 unspecified atom stereocenters. The molecule has 2 rings (SSSR count). The Labute approximate surface area is 170 Å². The maximum absolute atomic E-state index is 13.1. The summed E-state index contributed by atoms with van der Waals surface area (Å²) >= 11 is 0. The molecule has 2 aromatic rings. The summed E-state index contributed by atoms with van der Waals surface area (Å²) < 4.78 is 23.8. The predicted molar refractivity (Wildman–Crippen MR) is 111 cm³/mol. The molecule has 1 aromatic carbocycles. The summed E-state index contributed by atoms with van der Waals surface area (Å²) in [4.78, 5) is 8.40. The second kappa shape index (κ2) is 11.6. The van der Waals surface area contributed by atoms with Crippen LogP contribution >= 0.6 is 24.0 Å². The average molecular weight is 474 g/mol. The molecule has 1 atom stereocenters. The van der Waals surface area contributed by atoms with Gasteiger partial charge in [-0.25, -0.2) is 9.37 Å². The SMILES string of the molecule is CN=C(NCc1ccc(Oc2cccc(F)c2)nc1)NC(C)COC.I. The number of halogens is 2. The molecule has 0 aliphatic carbocycles. The van der Waals surface area contributed by atoms with Gasteiger partial charge >= 0.3 is 0 Å². The molecule has 0 saturated heterocycles. The van der Waals surface area contributed by atoms with Crippen LogP contribution in [0.2, 0.25) is 0 Å². The van der Waals surface area contributed by atoms with E-state index < -0.39 is 0 Å². The quantitative estimate of drug-likeness (QED) is 0.366. The molecule has 0 fully saturated rings. The van der Waals surface area contributed by atoms with E-state index in [9.17, 15) is 4.39 Å². The third-order valence-electron chi connectivity index (χ3n) is 3.30. The van der Waals surface area contributed by atoms with Crippen LogP contribution in [0, 0.1) is 5.82 Å². The molecule has 0 radical (unpaired) electrons. The van der Waals surface area contributed by atoms with E-state index in [1.165, 1.54) is 12.1 Å². The number of hydrogen-bond acceptors (Lipinski definition) is 4. The normalized spacial score (nSPS) is 12.1. The Bertz CT molecular complexity index is 698. The third kappa shape index (κ3) is 7.52. The standard InChI is InChI=1S/C18H23FN4O2.HI/c1-13(12-24-3)23-18(20-2)22-11-14-7-8-17(21-10-14)25-16-6-4-5-15(19)9-16;/h4-10,13H,11-12H2,1-3H3,(H2,20,22,23);1H. The lowest BCUT2D eigenvalue weighted by Crippen LogP contribution is -2.43. The average Bonchev–Trinajstić information content (AvgIpc) is 2.60. The van der Waals surface area contributed by atoms with Crippen molar-refractivity contribution in [1.29, 1.82) is 0 Å². The number of rotatable bonds is 7. The van der Waals surface area contributed by atoms with Gasteiger partial charge in [-0.1, -0.05) is 12.1 Å². The van der Waals surface area contributed by atoms with E-state index in [1.54, 1.807) is 38.6 Å². The van der Waals surface area contributed by atoms with Crippen molar-refractivity contribution in [2.24, 2.45) is 4.99 Å². The van der Waals surface area contributed by atoms with Crippen LogP contribution in [-0.2, 0) is 11.3 Å². The van der Waals surface area contributed by atoms with Gasteiger partial charge in [0.2, 0.25) is 5.88 Å². The fraction of sp³-hybridized carbons (Fsp3) is 0.333. The second-order valence-corrected chi connectivity index (χ2v) is 5.49. The van der Waals surface area contributed by atoms with Crippen LogP contribution in [0.4, 0.5) is 4.39 Å². The van der Waals surface area contributed by atoms with Gasteiger partial charge < -0.3 is 20.1 Å². The van der Waals surface area contributed by atoms with Crippen molar-refractivity contribution in [2.75, 3.05) is 20.8 Å². The molecule has 0 bridgehead atoms. The molecule has 26 heavy (non-hydrogen) atoms. The highest BCUT2D eigenvalue weighted by molar-refractivity contribution is 14.0. The number of benzene rings is 1. The monoisotopic (exact) mass is 474 g/mol. The summed E-state index contributed by atoms with van der Waals surface area (Å²) in [7, 11) is 3.37. The highest BCUT2D eigenvalue weighted by Gasteiger charge is 2.05. The molecule has 0 spiro atoms. The number of methoxy groups -OCH3 is 1. The number of pyridine rings is 1. The smallest absolute Gasteiger partial charge is 0.219 e. The fourth-order valence-electron chi connectivity index (χ4n) is 2.13. The highest BCUT2D eigenvalue weighted by Crippen LogP contribution is 2.19. The van der Waals surface area contributed by atoms with Crippen molar-refractivity contribution < 1.29 is 13.9 Å². The molecule has 0 aliphatic rings. The Morgan fingerprint density at radius 2 is 2.12 bits per heavy atom. The summed E-state index contributed by atoms with van der Waals surface area (Å²) in [5.41, 5.74) is 0.967. The van der Waals surface area contributed by atoms with Crippen molar-refractivity contribution in [3.8, 4) is 11.6 Å². The van der Waals surface area contributed by atoms with Crippen molar-refractivity contribution in [3.05, 3.63) is 54.0 Å². The second-order valence-electron chi connectivity index (χ2n) is 5.49. The topological polar surface area (TPSA) is 67.8 Å². The Morgan fingerprint density at radius 1 is 1.31 bits per heavy atom. The predicted octanol–water partition coefficient (Wildman–Crippen LogP) is 3.33. The van der Waals surface area contributed by atoms with Crippen LogP contribution in [0.5, 0.6) is 11.6 Å². The van der Waals surface area contributed by atoms with Crippen LogP contribution in [0.15, 0.2) is 47.6 Å². The lowest BCUT2D eigenvalue weighted by atomic mass is 10.3. The Morgan fingerprint density at radius 3 is 2.73 bits per heavy atom. The van der Waals surface area contributed by atoms with Gasteiger partial charge in [0, 0.05) is 45.1 Å². The minimum atomic E-state index is -0.347. The van der Waals surface area contributed by atoms with E-state index in [-0.39, 0.29) is 35.8 Å². The molecular weight excluding hydrogens is 450 g/mol. The number of hydrogen-bond donors (Lipinski definition) is 2. The van der Waals surface area contributed by atoms with E-state index in [0.717, 1.165) is 5.56 Å². The maximum atomic E-state index is 13.1. The fourth-order valence-corrected chi connectivity index (χ4v) is 2.13. The number of nitrogens with one attached hydrogen (secondary N) is 2. The molecule has 0 amide bonds. The van der Waals surface area contributed by atoms with Crippen LogP contribution in [0.25, 0.3) is 0 Å². The summed E-state index contributed by atoms with van der Waals surface area (Å²) in [6.45, 7) is 3.16. The lowest BCUT2D eigenvalue weighted by Gasteiger charge is -2.17. The summed E-state index contributed by atoms with van der Waals surface area (Å²) in [5.74, 6) is 1.16. The number of ether oxygens (including phenoxy) is 2. The van der Waals surface area contributed by atoms with Crippen LogP contribution < -0.4 is 15.4 Å². The summed E-state index contributed by atoms with van der Waals surface area (Å²) in [6, 6.07) is 9.73.